The third-order valence-electron chi connectivity index (χ3n) is 8.72. The molecule has 55 heavy (non-hydrogen) atoms. The van der Waals surface area contributed by atoms with Crippen LogP contribution in [0.5, 0.6) is 11.5 Å². The average Bonchev–Trinajstić information content (AvgIpc) is 3.46. The summed E-state index contributed by atoms with van der Waals surface area (Å²) in [4.78, 5) is 40.4. The van der Waals surface area contributed by atoms with Gasteiger partial charge in [0.2, 0.25) is 6.04 Å². The molecule has 14 heteroatoms. The van der Waals surface area contributed by atoms with Crippen LogP contribution in [0.2, 0.25) is 15.1 Å². The number of ether oxygens (including phenoxy) is 2. The lowest BCUT2D eigenvalue weighted by molar-refractivity contribution is -0.118. The van der Waals surface area contributed by atoms with E-state index in [4.69, 9.17) is 44.3 Å². The summed E-state index contributed by atoms with van der Waals surface area (Å²) in [6, 6.07) is 20.7. The molecule has 1 aliphatic rings. The number of hydrogen-bond acceptors (Lipinski definition) is 8. The lowest BCUT2D eigenvalue weighted by Gasteiger charge is -2.15. The number of hydrogen-bond donors (Lipinski definition) is 2. The van der Waals surface area contributed by atoms with E-state index in [1.807, 2.05) is 6.07 Å². The molecule has 0 saturated heterocycles. The summed E-state index contributed by atoms with van der Waals surface area (Å²) < 4.78 is 11.2. The molecule has 0 saturated carbocycles. The summed E-state index contributed by atoms with van der Waals surface area (Å²) in [5.74, 6) is -0.484. The maximum absolute atomic E-state index is 13.7. The van der Waals surface area contributed by atoms with Crippen LogP contribution in [-0.4, -0.2) is 43.3 Å². The molecule has 0 bridgehead atoms. The number of aryl methyl sites for hydroxylation is 2. The molecule has 0 aliphatic carbocycles. The first kappa shape index (κ1) is 41.2. The number of nitrogens with zero attached hydrogens (tertiary/aromatic N) is 4. The van der Waals surface area contributed by atoms with E-state index in [9.17, 15) is 14.4 Å². The van der Waals surface area contributed by atoms with Crippen molar-refractivity contribution in [1.29, 1.82) is 0 Å². The highest BCUT2D eigenvalue weighted by Gasteiger charge is 2.40. The normalized spacial score (nSPS) is 13.9. The van der Waals surface area contributed by atoms with Gasteiger partial charge >= 0.3 is 0 Å². The second-order valence-electron chi connectivity index (χ2n) is 12.9. The van der Waals surface area contributed by atoms with E-state index in [0.29, 0.717) is 22.9 Å². The van der Waals surface area contributed by atoms with Gasteiger partial charge < -0.3 is 20.1 Å². The number of unbranched alkanes of at least 4 members (excludes halogenated alkanes) is 4. The highest BCUT2D eigenvalue weighted by atomic mass is 35.5. The minimum atomic E-state index is -1.36. The van der Waals surface area contributed by atoms with Gasteiger partial charge in [0.15, 0.2) is 12.4 Å². The van der Waals surface area contributed by atoms with E-state index in [1.165, 1.54) is 30.2 Å². The van der Waals surface area contributed by atoms with Crippen molar-refractivity contribution in [3.63, 3.8) is 0 Å². The van der Waals surface area contributed by atoms with E-state index in [-0.39, 0.29) is 44.7 Å². The van der Waals surface area contributed by atoms with Gasteiger partial charge in [-0.1, -0.05) is 92.5 Å². The van der Waals surface area contributed by atoms with E-state index in [1.54, 1.807) is 49.6 Å². The van der Waals surface area contributed by atoms with Gasteiger partial charge in [-0.2, -0.15) is 15.2 Å². The van der Waals surface area contributed by atoms with Gasteiger partial charge in [-0.3, -0.25) is 14.4 Å². The maximum Gasteiger partial charge on any atom is 0.282 e. The predicted octanol–water partition coefficient (Wildman–Crippen LogP) is 10.4. The average molecular weight is 806 g/mol. The Morgan fingerprint density at radius 1 is 0.855 bits per heavy atom. The van der Waals surface area contributed by atoms with Crippen LogP contribution in [0.3, 0.4) is 0 Å². The van der Waals surface area contributed by atoms with Crippen molar-refractivity contribution < 1.29 is 23.9 Å². The maximum atomic E-state index is 13.7. The lowest BCUT2D eigenvalue weighted by atomic mass is 10.0. The first-order valence-corrected chi connectivity index (χ1v) is 19.3. The van der Waals surface area contributed by atoms with Crippen molar-refractivity contribution in [3.05, 3.63) is 111 Å². The molecule has 5 rings (SSSR count). The van der Waals surface area contributed by atoms with Crippen LogP contribution in [0, 0.1) is 0 Å². The molecule has 2 N–H and O–H groups in total. The molecule has 0 spiro atoms. The number of halogens is 3. The number of anilines is 2. The molecule has 0 unspecified atom stereocenters. The number of benzene rings is 4. The van der Waals surface area contributed by atoms with Crippen molar-refractivity contribution in [3.8, 4) is 11.5 Å². The van der Waals surface area contributed by atoms with Gasteiger partial charge in [0.25, 0.3) is 17.7 Å². The second-order valence-corrected chi connectivity index (χ2v) is 14.1. The quantitative estimate of drug-likeness (QED) is 0.0809. The third kappa shape index (κ3) is 11.3. The standard InChI is InChI=1S/C41H43Cl3N6O5/c1-4-6-8-11-26-15-20-35(27(21-26)12-9-7-5-2)55-25-36(51)45-31-14-10-13-28(22-31)40(52)46-39-37(48-47-30-16-18-32(54-3)19-17-30)41(53)50(49-39)38-33(43)23-29(42)24-34(38)44/h10,13-24,37H,4-9,11-12,25H2,1-3H3,(H,45,51)(H,46,49,52)/t37-/m0/s1. The van der Waals surface area contributed by atoms with Crippen LogP contribution >= 0.6 is 34.8 Å². The molecule has 3 amide bonds. The van der Waals surface area contributed by atoms with Gasteiger partial charge in [-0.15, -0.1) is 5.10 Å². The van der Waals surface area contributed by atoms with Gasteiger partial charge in [-0.25, -0.2) is 0 Å². The van der Waals surface area contributed by atoms with Crippen LogP contribution in [0.1, 0.15) is 73.9 Å². The topological polar surface area (TPSA) is 134 Å². The number of nitrogens with one attached hydrogen (secondary N) is 2. The largest absolute Gasteiger partial charge is 0.497 e. The monoisotopic (exact) mass is 804 g/mol. The summed E-state index contributed by atoms with van der Waals surface area (Å²) >= 11 is 19.0. The van der Waals surface area contributed by atoms with Crippen molar-refractivity contribution in [1.82, 2.24) is 5.32 Å². The summed E-state index contributed by atoms with van der Waals surface area (Å²) in [6.07, 6.45) is 8.65. The second kappa shape index (κ2) is 20.1. The Hall–Kier alpha value is -4.97. The molecule has 288 valence electrons. The summed E-state index contributed by atoms with van der Waals surface area (Å²) in [5, 5.41) is 19.6. The molecule has 1 atom stereocenters. The summed E-state index contributed by atoms with van der Waals surface area (Å²) in [5.41, 5.74) is 3.42. The highest BCUT2D eigenvalue weighted by molar-refractivity contribution is 6.43. The minimum Gasteiger partial charge on any atom is -0.497 e. The van der Waals surface area contributed by atoms with Crippen LogP contribution in [0.4, 0.5) is 17.1 Å². The van der Waals surface area contributed by atoms with Crippen molar-refractivity contribution in [2.45, 2.75) is 71.3 Å². The number of methoxy groups -OCH3 is 1. The van der Waals surface area contributed by atoms with Gasteiger partial charge in [0.1, 0.15) is 17.2 Å². The molecule has 11 nitrogen and oxygen atoms in total. The smallest absolute Gasteiger partial charge is 0.282 e. The van der Waals surface area contributed by atoms with Crippen LogP contribution in [-0.2, 0) is 22.4 Å². The van der Waals surface area contributed by atoms with Gasteiger partial charge in [0, 0.05) is 16.3 Å². The Kier molecular flexibility index (Phi) is 15.1. The predicted molar refractivity (Wildman–Crippen MR) is 219 cm³/mol. The van der Waals surface area contributed by atoms with Gasteiger partial charge in [-0.05, 0) is 97.5 Å². The Morgan fingerprint density at radius 3 is 2.25 bits per heavy atom. The Labute approximate surface area is 336 Å². The molecule has 1 heterocycles. The zero-order chi connectivity index (χ0) is 39.3. The Balaban J connectivity index is 1.29. The van der Waals surface area contributed by atoms with Crippen molar-refractivity contribution in [2.24, 2.45) is 15.3 Å². The van der Waals surface area contributed by atoms with Crippen molar-refractivity contribution >= 4 is 75.4 Å². The Morgan fingerprint density at radius 2 is 1.56 bits per heavy atom. The number of carbonyl (C=O) groups excluding carboxylic acids is 3. The molecular weight excluding hydrogens is 763 g/mol. The fourth-order valence-electron chi connectivity index (χ4n) is 5.85. The lowest BCUT2D eigenvalue weighted by Crippen LogP contribution is -2.39. The van der Waals surface area contributed by atoms with Crippen molar-refractivity contribution in [2.75, 3.05) is 24.0 Å². The summed E-state index contributed by atoms with van der Waals surface area (Å²) in [6.45, 7) is 4.15. The molecule has 0 fully saturated rings. The third-order valence-corrected chi connectivity index (χ3v) is 9.51. The molecule has 0 aromatic heterocycles. The molecule has 4 aromatic carbocycles. The highest BCUT2D eigenvalue weighted by Crippen LogP contribution is 2.39. The summed E-state index contributed by atoms with van der Waals surface area (Å²) in [7, 11) is 1.54. The molecule has 0 radical (unpaired) electrons. The number of amides is 3. The van der Waals surface area contributed by atoms with E-state index in [0.717, 1.165) is 55.5 Å². The fraction of sp³-hybridized carbons (Fsp3) is 0.317. The van der Waals surface area contributed by atoms with E-state index < -0.39 is 17.9 Å². The van der Waals surface area contributed by atoms with E-state index >= 15 is 0 Å². The SMILES string of the molecule is CCCCCc1ccc(OCC(=O)Nc2cccc(C(=O)NC3=NN(c4c(Cl)cc(Cl)cc4Cl)C(=O)[C@H]3N=Nc3ccc(OC)cc3)c2)c(CCCCC)c1. The number of azo groups is 1. The van der Waals surface area contributed by atoms with Gasteiger partial charge in [0.05, 0.1) is 22.8 Å². The minimum absolute atomic E-state index is 0.0626. The molecule has 4 aromatic rings. The van der Waals surface area contributed by atoms with Crippen LogP contribution < -0.4 is 25.1 Å². The zero-order valence-corrected chi connectivity index (χ0v) is 33.2. The fourth-order valence-corrected chi connectivity index (χ4v) is 6.83. The first-order valence-electron chi connectivity index (χ1n) is 18.2. The van der Waals surface area contributed by atoms with Crippen LogP contribution in [0.15, 0.2) is 94.2 Å². The number of rotatable bonds is 17. The number of amidine groups is 1. The molecule has 1 aliphatic heterocycles. The van der Waals surface area contributed by atoms with E-state index in [2.05, 4.69) is 51.9 Å². The number of carbonyl (C=O) groups is 3. The number of hydrazone groups is 1. The zero-order valence-electron chi connectivity index (χ0n) is 30.9. The Bertz CT molecular complexity index is 2030. The molecular formula is C41H43Cl3N6O5. The van der Waals surface area contributed by atoms with Crippen LogP contribution in [0.25, 0.3) is 0 Å². The first-order chi connectivity index (χ1) is 26.6.